The van der Waals surface area contributed by atoms with Crippen LogP contribution in [-0.4, -0.2) is 30.1 Å². The van der Waals surface area contributed by atoms with Gasteiger partial charge in [0.2, 0.25) is 5.78 Å². The van der Waals surface area contributed by atoms with Crippen LogP contribution in [0.15, 0.2) is 53.1 Å². The van der Waals surface area contributed by atoms with E-state index in [1.807, 2.05) is 19.9 Å². The molecule has 0 aliphatic heterocycles. The summed E-state index contributed by atoms with van der Waals surface area (Å²) in [5, 5.41) is 3.90. The van der Waals surface area contributed by atoms with E-state index in [9.17, 15) is 9.59 Å². The SMILES string of the molecule is COc1cc(C(=O)OC(C)C(=O)c2ccccc2)ccc1OCc1c(C)noc1C. The molecule has 0 amide bonds. The van der Waals surface area contributed by atoms with Gasteiger partial charge < -0.3 is 18.7 Å². The van der Waals surface area contributed by atoms with Crippen molar-refractivity contribution in [2.45, 2.75) is 33.5 Å². The molecule has 0 radical (unpaired) electrons. The Kier molecular flexibility index (Phi) is 6.51. The first-order valence-corrected chi connectivity index (χ1v) is 9.43. The van der Waals surface area contributed by atoms with Gasteiger partial charge in [-0.15, -0.1) is 0 Å². The second kappa shape index (κ2) is 9.26. The van der Waals surface area contributed by atoms with E-state index in [0.29, 0.717) is 22.8 Å². The Bertz CT molecular complexity index is 1020. The van der Waals surface area contributed by atoms with Crippen molar-refractivity contribution >= 4 is 11.8 Å². The van der Waals surface area contributed by atoms with Gasteiger partial charge in [0, 0.05) is 5.56 Å². The molecule has 1 aromatic heterocycles. The average molecular weight is 409 g/mol. The third kappa shape index (κ3) is 4.68. The third-order valence-electron chi connectivity index (χ3n) is 4.66. The molecule has 156 valence electrons. The lowest BCUT2D eigenvalue weighted by Crippen LogP contribution is -2.24. The van der Waals surface area contributed by atoms with E-state index in [2.05, 4.69) is 5.16 Å². The summed E-state index contributed by atoms with van der Waals surface area (Å²) in [5.74, 6) is 0.627. The Morgan fingerprint density at radius 3 is 2.40 bits per heavy atom. The molecule has 0 aliphatic rings. The van der Waals surface area contributed by atoms with Gasteiger partial charge in [0.1, 0.15) is 12.4 Å². The number of rotatable bonds is 8. The number of hydrogen-bond acceptors (Lipinski definition) is 7. The lowest BCUT2D eigenvalue weighted by atomic mass is 10.1. The molecule has 0 aliphatic carbocycles. The maximum absolute atomic E-state index is 12.5. The number of esters is 1. The zero-order valence-electron chi connectivity index (χ0n) is 17.3. The van der Waals surface area contributed by atoms with Crippen molar-refractivity contribution in [2.75, 3.05) is 7.11 Å². The van der Waals surface area contributed by atoms with Crippen LogP contribution in [0.5, 0.6) is 11.5 Å². The van der Waals surface area contributed by atoms with E-state index < -0.39 is 12.1 Å². The molecule has 0 bridgehead atoms. The van der Waals surface area contributed by atoms with E-state index in [1.54, 1.807) is 43.3 Å². The quantitative estimate of drug-likeness (QED) is 0.405. The van der Waals surface area contributed by atoms with E-state index in [1.165, 1.54) is 13.2 Å². The molecular weight excluding hydrogens is 386 g/mol. The summed E-state index contributed by atoms with van der Waals surface area (Å²) in [6, 6.07) is 13.4. The Balaban J connectivity index is 1.69. The van der Waals surface area contributed by atoms with Crippen molar-refractivity contribution in [3.05, 3.63) is 76.7 Å². The zero-order valence-corrected chi connectivity index (χ0v) is 17.3. The maximum Gasteiger partial charge on any atom is 0.338 e. The lowest BCUT2D eigenvalue weighted by Gasteiger charge is -2.14. The molecule has 3 aromatic rings. The summed E-state index contributed by atoms with van der Waals surface area (Å²) < 4.78 is 21.6. The topological polar surface area (TPSA) is 87.9 Å². The second-order valence-corrected chi connectivity index (χ2v) is 6.73. The minimum Gasteiger partial charge on any atom is -0.493 e. The van der Waals surface area contributed by atoms with Crippen molar-refractivity contribution in [1.82, 2.24) is 5.16 Å². The van der Waals surface area contributed by atoms with E-state index in [4.69, 9.17) is 18.7 Å². The Labute approximate surface area is 174 Å². The standard InChI is InChI=1S/C23H23NO6/c1-14-19(15(2)30-24-14)13-28-20-11-10-18(12-21(20)27-4)23(26)29-16(3)22(25)17-8-6-5-7-9-17/h5-12,16H,13H2,1-4H3. The van der Waals surface area contributed by atoms with Crippen LogP contribution in [-0.2, 0) is 11.3 Å². The van der Waals surface area contributed by atoms with Gasteiger partial charge in [-0.25, -0.2) is 4.79 Å². The number of aryl methyl sites for hydroxylation is 2. The molecule has 7 heteroatoms. The van der Waals surface area contributed by atoms with Crippen molar-refractivity contribution in [3.63, 3.8) is 0 Å². The largest absolute Gasteiger partial charge is 0.493 e. The smallest absolute Gasteiger partial charge is 0.338 e. The summed E-state index contributed by atoms with van der Waals surface area (Å²) in [6.07, 6.45) is -0.915. The number of hydrogen-bond donors (Lipinski definition) is 0. The average Bonchev–Trinajstić information content (AvgIpc) is 3.09. The minimum absolute atomic E-state index is 0.254. The van der Waals surface area contributed by atoms with Crippen LogP contribution in [0.25, 0.3) is 0 Å². The molecule has 1 unspecified atom stereocenters. The fraction of sp³-hybridized carbons (Fsp3) is 0.261. The van der Waals surface area contributed by atoms with Crippen molar-refractivity contribution in [3.8, 4) is 11.5 Å². The molecule has 0 saturated carbocycles. The van der Waals surface area contributed by atoms with E-state index in [-0.39, 0.29) is 18.0 Å². The third-order valence-corrected chi connectivity index (χ3v) is 4.66. The first-order chi connectivity index (χ1) is 14.4. The molecular formula is C23H23NO6. The van der Waals surface area contributed by atoms with Gasteiger partial charge in [0.15, 0.2) is 17.6 Å². The monoisotopic (exact) mass is 409 g/mol. The predicted octanol–water partition coefficient (Wildman–Crippen LogP) is 4.31. The summed E-state index contributed by atoms with van der Waals surface area (Å²) >= 11 is 0. The van der Waals surface area contributed by atoms with Gasteiger partial charge in [-0.2, -0.15) is 0 Å². The Morgan fingerprint density at radius 2 is 1.77 bits per heavy atom. The molecule has 2 aromatic carbocycles. The van der Waals surface area contributed by atoms with Crippen LogP contribution in [0.3, 0.4) is 0 Å². The van der Waals surface area contributed by atoms with Crippen LogP contribution in [0, 0.1) is 13.8 Å². The molecule has 1 atom stereocenters. The van der Waals surface area contributed by atoms with E-state index in [0.717, 1.165) is 11.3 Å². The van der Waals surface area contributed by atoms with Crippen LogP contribution >= 0.6 is 0 Å². The molecule has 0 saturated heterocycles. The molecule has 0 N–H and O–H groups in total. The van der Waals surface area contributed by atoms with Gasteiger partial charge >= 0.3 is 5.97 Å². The number of Topliss-reactive ketones (excluding diaryl/α,β-unsaturated/α-hetero) is 1. The molecule has 0 fully saturated rings. The zero-order chi connectivity index (χ0) is 21.7. The number of nitrogens with zero attached hydrogens (tertiary/aromatic N) is 1. The highest BCUT2D eigenvalue weighted by Crippen LogP contribution is 2.30. The number of ether oxygens (including phenoxy) is 3. The van der Waals surface area contributed by atoms with E-state index >= 15 is 0 Å². The molecule has 7 nitrogen and oxygen atoms in total. The normalized spacial score (nSPS) is 11.6. The number of ketones is 1. The minimum atomic E-state index is -0.915. The Hall–Kier alpha value is -3.61. The van der Waals surface area contributed by atoms with Crippen molar-refractivity contribution in [1.29, 1.82) is 0 Å². The van der Waals surface area contributed by atoms with Gasteiger partial charge in [0.05, 0.1) is 23.9 Å². The summed E-state index contributed by atoms with van der Waals surface area (Å²) in [4.78, 5) is 24.9. The lowest BCUT2D eigenvalue weighted by molar-refractivity contribution is 0.0318. The van der Waals surface area contributed by atoms with Crippen molar-refractivity contribution < 1.29 is 28.3 Å². The number of benzene rings is 2. The van der Waals surface area contributed by atoms with Gasteiger partial charge in [-0.1, -0.05) is 35.5 Å². The predicted molar refractivity (Wildman–Crippen MR) is 109 cm³/mol. The highest BCUT2D eigenvalue weighted by molar-refractivity contribution is 6.01. The summed E-state index contributed by atoms with van der Waals surface area (Å²) in [7, 11) is 1.48. The number of carbonyl (C=O) groups is 2. The molecule has 30 heavy (non-hydrogen) atoms. The molecule has 0 spiro atoms. The van der Waals surface area contributed by atoms with Crippen LogP contribution in [0.1, 0.15) is 44.7 Å². The second-order valence-electron chi connectivity index (χ2n) is 6.73. The summed E-state index contributed by atoms with van der Waals surface area (Å²) in [5.41, 5.74) is 2.35. The molecule has 1 heterocycles. The Morgan fingerprint density at radius 1 is 1.03 bits per heavy atom. The first kappa shape index (κ1) is 21.1. The van der Waals surface area contributed by atoms with Gasteiger partial charge in [-0.05, 0) is 39.0 Å². The maximum atomic E-state index is 12.5. The molecule has 3 rings (SSSR count). The van der Waals surface area contributed by atoms with Crippen LogP contribution in [0.4, 0.5) is 0 Å². The number of methoxy groups -OCH3 is 1. The van der Waals surface area contributed by atoms with Gasteiger partial charge in [-0.3, -0.25) is 4.79 Å². The van der Waals surface area contributed by atoms with Crippen LogP contribution < -0.4 is 9.47 Å². The van der Waals surface area contributed by atoms with Crippen molar-refractivity contribution in [2.24, 2.45) is 0 Å². The number of aromatic nitrogens is 1. The number of carbonyl (C=O) groups excluding carboxylic acids is 2. The highest BCUT2D eigenvalue weighted by atomic mass is 16.5. The highest BCUT2D eigenvalue weighted by Gasteiger charge is 2.21. The van der Waals surface area contributed by atoms with Crippen LogP contribution in [0.2, 0.25) is 0 Å². The van der Waals surface area contributed by atoms with Gasteiger partial charge in [0.25, 0.3) is 0 Å². The first-order valence-electron chi connectivity index (χ1n) is 9.43. The fourth-order valence-electron chi connectivity index (χ4n) is 2.89. The fourth-order valence-corrected chi connectivity index (χ4v) is 2.89. The summed E-state index contributed by atoms with van der Waals surface area (Å²) in [6.45, 7) is 5.45.